The smallest absolute Gasteiger partial charge is 0.142 e. The largest absolute Gasteiger partial charge is 0.383 e. The average Bonchev–Trinajstić information content (AvgIpc) is 2.45. The summed E-state index contributed by atoms with van der Waals surface area (Å²) in [6.45, 7) is 1.98. The first kappa shape index (κ1) is 16.9. The molecule has 0 saturated heterocycles. The number of nitrogen functional groups attached to an aromatic ring is 1. The Morgan fingerprint density at radius 3 is 2.81 bits per heavy atom. The zero-order valence-corrected chi connectivity index (χ0v) is 15.0. The Morgan fingerprint density at radius 2 is 2.14 bits per heavy atom. The zero-order chi connectivity index (χ0) is 15.6. The van der Waals surface area contributed by atoms with Crippen molar-refractivity contribution in [2.24, 2.45) is 0 Å². The number of pyridine rings is 1. The molecular formula is C14H12BrCl2FN2S. The second kappa shape index (κ2) is 7.18. The molecule has 2 aromatic rings. The molecule has 1 aromatic carbocycles. The highest BCUT2D eigenvalue weighted by molar-refractivity contribution is 9.10. The first-order valence-electron chi connectivity index (χ1n) is 6.15. The van der Waals surface area contributed by atoms with Crippen LogP contribution in [0, 0.1) is 5.82 Å². The Bertz CT molecular complexity index is 670. The molecule has 0 saturated carbocycles. The van der Waals surface area contributed by atoms with E-state index >= 15 is 0 Å². The van der Waals surface area contributed by atoms with Gasteiger partial charge >= 0.3 is 0 Å². The van der Waals surface area contributed by atoms with E-state index in [0.29, 0.717) is 16.4 Å². The highest BCUT2D eigenvalue weighted by Gasteiger charge is 2.21. The van der Waals surface area contributed by atoms with Crippen LogP contribution >= 0.6 is 50.9 Å². The summed E-state index contributed by atoms with van der Waals surface area (Å²) in [7, 11) is 0. The molecule has 2 nitrogen and oxygen atoms in total. The predicted octanol–water partition coefficient (Wildman–Crippen LogP) is 6.12. The molecular weight excluding hydrogens is 398 g/mol. The maximum absolute atomic E-state index is 13.7. The van der Waals surface area contributed by atoms with Crippen LogP contribution in [0.4, 0.5) is 10.2 Å². The maximum Gasteiger partial charge on any atom is 0.142 e. The van der Waals surface area contributed by atoms with E-state index < -0.39 is 5.82 Å². The molecule has 0 aliphatic carbocycles. The first-order valence-corrected chi connectivity index (χ1v) is 8.58. The summed E-state index contributed by atoms with van der Waals surface area (Å²) in [6.07, 6.45) is 2.35. The Labute approximate surface area is 145 Å². The SMILES string of the molecule is CCC(Sc1cc(Br)cnc1N)c1c(Cl)ccc(F)c1Cl. The first-order chi connectivity index (χ1) is 9.93. The number of aromatic nitrogens is 1. The van der Waals surface area contributed by atoms with Crippen molar-refractivity contribution >= 4 is 56.7 Å². The molecule has 0 radical (unpaired) electrons. The van der Waals surface area contributed by atoms with Crippen molar-refractivity contribution < 1.29 is 4.39 Å². The fourth-order valence-electron chi connectivity index (χ4n) is 1.86. The van der Waals surface area contributed by atoms with Crippen molar-refractivity contribution in [3.05, 3.63) is 50.3 Å². The lowest BCUT2D eigenvalue weighted by atomic mass is 10.1. The van der Waals surface area contributed by atoms with Gasteiger partial charge in [-0.25, -0.2) is 9.37 Å². The molecule has 0 bridgehead atoms. The molecule has 0 spiro atoms. The fourth-order valence-corrected chi connectivity index (χ4v) is 4.31. The van der Waals surface area contributed by atoms with Gasteiger partial charge in [-0.3, -0.25) is 0 Å². The van der Waals surface area contributed by atoms with Crippen LogP contribution in [-0.4, -0.2) is 4.98 Å². The standard InChI is InChI=1S/C14H12BrCl2FN2S/c1-2-10(12-8(16)3-4-9(18)13(12)17)21-11-5-7(15)6-20-14(11)19/h3-6,10H,2H2,1H3,(H2,19,20). The molecule has 1 atom stereocenters. The van der Waals surface area contributed by atoms with Crippen molar-refractivity contribution in [3.8, 4) is 0 Å². The van der Waals surface area contributed by atoms with Crippen LogP contribution in [0.5, 0.6) is 0 Å². The van der Waals surface area contributed by atoms with Gasteiger partial charge in [-0.2, -0.15) is 0 Å². The van der Waals surface area contributed by atoms with Gasteiger partial charge in [-0.1, -0.05) is 30.1 Å². The molecule has 1 unspecified atom stereocenters. The summed E-state index contributed by atoms with van der Waals surface area (Å²) < 4.78 is 14.5. The van der Waals surface area contributed by atoms with E-state index in [1.54, 1.807) is 6.20 Å². The molecule has 1 heterocycles. The third-order valence-corrected chi connectivity index (χ3v) is 5.47. The second-order valence-electron chi connectivity index (χ2n) is 4.31. The summed E-state index contributed by atoms with van der Waals surface area (Å²) in [5.74, 6) is -0.0549. The molecule has 0 fully saturated rings. The average molecular weight is 410 g/mol. The summed E-state index contributed by atoms with van der Waals surface area (Å²) >= 11 is 17.1. The Balaban J connectivity index is 2.41. The molecule has 2 N–H and O–H groups in total. The molecule has 0 aliphatic heterocycles. The predicted molar refractivity (Wildman–Crippen MR) is 91.7 cm³/mol. The van der Waals surface area contributed by atoms with Crippen molar-refractivity contribution in [2.75, 3.05) is 5.73 Å². The van der Waals surface area contributed by atoms with Crippen molar-refractivity contribution in [2.45, 2.75) is 23.5 Å². The van der Waals surface area contributed by atoms with E-state index in [0.717, 1.165) is 15.8 Å². The highest BCUT2D eigenvalue weighted by atomic mass is 79.9. The van der Waals surface area contributed by atoms with Crippen molar-refractivity contribution in [1.82, 2.24) is 4.98 Å². The van der Waals surface area contributed by atoms with Gasteiger partial charge < -0.3 is 5.73 Å². The van der Waals surface area contributed by atoms with Gasteiger partial charge in [0, 0.05) is 26.5 Å². The molecule has 112 valence electrons. The molecule has 7 heteroatoms. The van der Waals surface area contributed by atoms with E-state index in [1.165, 1.54) is 23.9 Å². The molecule has 0 amide bonds. The lowest BCUT2D eigenvalue weighted by molar-refractivity contribution is 0.625. The molecule has 2 rings (SSSR count). The molecule has 1 aromatic heterocycles. The van der Waals surface area contributed by atoms with Gasteiger partial charge in [0.1, 0.15) is 11.6 Å². The number of hydrogen-bond acceptors (Lipinski definition) is 3. The van der Waals surface area contributed by atoms with Gasteiger partial charge in [-0.15, -0.1) is 11.8 Å². The van der Waals surface area contributed by atoms with Crippen LogP contribution < -0.4 is 5.73 Å². The molecule has 21 heavy (non-hydrogen) atoms. The van der Waals surface area contributed by atoms with Crippen LogP contribution in [0.3, 0.4) is 0 Å². The lowest BCUT2D eigenvalue weighted by Crippen LogP contribution is -1.99. The van der Waals surface area contributed by atoms with Gasteiger partial charge in [-0.05, 0) is 40.5 Å². The topological polar surface area (TPSA) is 38.9 Å². The second-order valence-corrected chi connectivity index (χ2v) is 7.25. The van der Waals surface area contributed by atoms with Crippen molar-refractivity contribution in [3.63, 3.8) is 0 Å². The number of benzene rings is 1. The van der Waals surface area contributed by atoms with Crippen LogP contribution in [0.25, 0.3) is 0 Å². The Morgan fingerprint density at radius 1 is 1.43 bits per heavy atom. The fraction of sp³-hybridized carbons (Fsp3) is 0.214. The summed E-state index contributed by atoms with van der Waals surface area (Å²) in [4.78, 5) is 4.89. The van der Waals surface area contributed by atoms with Gasteiger partial charge in [0.2, 0.25) is 0 Å². The number of nitrogens with two attached hydrogens (primary N) is 1. The minimum absolute atomic E-state index is 0.0587. The van der Waals surface area contributed by atoms with Crippen LogP contribution in [0.2, 0.25) is 10.0 Å². The zero-order valence-electron chi connectivity index (χ0n) is 11.0. The third kappa shape index (κ3) is 3.83. The Hall–Kier alpha value is -0.490. The number of hydrogen-bond donors (Lipinski definition) is 1. The van der Waals surface area contributed by atoms with Crippen LogP contribution in [-0.2, 0) is 0 Å². The summed E-state index contributed by atoms with van der Waals surface area (Å²) in [5, 5.41) is 0.393. The summed E-state index contributed by atoms with van der Waals surface area (Å²) in [6, 6.07) is 4.65. The lowest BCUT2D eigenvalue weighted by Gasteiger charge is -2.19. The van der Waals surface area contributed by atoms with Gasteiger partial charge in [0.15, 0.2) is 0 Å². The minimum atomic E-state index is -0.476. The number of rotatable bonds is 4. The third-order valence-electron chi connectivity index (χ3n) is 2.89. The normalized spacial score (nSPS) is 12.4. The quantitative estimate of drug-likeness (QED) is 0.488. The number of thioether (sulfide) groups is 1. The van der Waals surface area contributed by atoms with Crippen LogP contribution in [0.15, 0.2) is 33.8 Å². The van der Waals surface area contributed by atoms with Gasteiger partial charge in [0.05, 0.1) is 9.92 Å². The minimum Gasteiger partial charge on any atom is -0.383 e. The van der Waals surface area contributed by atoms with E-state index in [2.05, 4.69) is 20.9 Å². The maximum atomic E-state index is 13.7. The highest BCUT2D eigenvalue weighted by Crippen LogP contribution is 2.45. The van der Waals surface area contributed by atoms with E-state index in [-0.39, 0.29) is 10.3 Å². The summed E-state index contributed by atoms with van der Waals surface area (Å²) in [5.41, 5.74) is 6.47. The number of anilines is 1. The van der Waals surface area contributed by atoms with Gasteiger partial charge in [0.25, 0.3) is 0 Å². The molecule has 0 aliphatic rings. The monoisotopic (exact) mass is 408 g/mol. The number of nitrogens with zero attached hydrogens (tertiary/aromatic N) is 1. The van der Waals surface area contributed by atoms with E-state index in [1.807, 2.05) is 13.0 Å². The van der Waals surface area contributed by atoms with Crippen molar-refractivity contribution in [1.29, 1.82) is 0 Å². The van der Waals surface area contributed by atoms with Crippen LogP contribution in [0.1, 0.15) is 24.2 Å². The van der Waals surface area contributed by atoms with E-state index in [4.69, 9.17) is 28.9 Å². The Kier molecular flexibility index (Phi) is 5.77. The van der Waals surface area contributed by atoms with E-state index in [9.17, 15) is 4.39 Å². The number of halogens is 4.